The minimum absolute atomic E-state index is 0.241. The summed E-state index contributed by atoms with van der Waals surface area (Å²) in [6.45, 7) is 2.34. The molecule has 0 atom stereocenters. The average Bonchev–Trinajstić information content (AvgIpc) is 3.09. The zero-order chi connectivity index (χ0) is 15.6. The molecule has 6 nitrogen and oxygen atoms in total. The highest BCUT2D eigenvalue weighted by molar-refractivity contribution is 5.73. The number of benzene rings is 1. The van der Waals surface area contributed by atoms with Gasteiger partial charge in [-0.3, -0.25) is 0 Å². The van der Waals surface area contributed by atoms with Crippen LogP contribution in [0.25, 0.3) is 11.3 Å². The van der Waals surface area contributed by atoms with Gasteiger partial charge in [0.25, 0.3) is 0 Å². The van der Waals surface area contributed by atoms with Gasteiger partial charge >= 0.3 is 0 Å². The van der Waals surface area contributed by atoms with Crippen molar-refractivity contribution in [2.24, 2.45) is 0 Å². The second-order valence-corrected chi connectivity index (χ2v) is 5.71. The lowest BCUT2D eigenvalue weighted by Crippen LogP contribution is -2.30. The molecule has 0 saturated carbocycles. The van der Waals surface area contributed by atoms with Crippen LogP contribution in [0.15, 0.2) is 24.5 Å². The maximum Gasteiger partial charge on any atom is 0.231 e. The molecule has 120 valence electrons. The Kier molecular flexibility index (Phi) is 3.65. The van der Waals surface area contributed by atoms with Gasteiger partial charge in [0.15, 0.2) is 11.5 Å². The highest BCUT2D eigenvalue weighted by atomic mass is 16.7. The fraction of sp³-hybridized carbons (Fsp3) is 0.412. The van der Waals surface area contributed by atoms with Crippen LogP contribution in [-0.4, -0.2) is 37.0 Å². The second-order valence-electron chi connectivity index (χ2n) is 5.71. The van der Waals surface area contributed by atoms with E-state index in [-0.39, 0.29) is 6.79 Å². The van der Waals surface area contributed by atoms with Gasteiger partial charge in [-0.25, -0.2) is 9.97 Å². The Labute approximate surface area is 135 Å². The average molecular weight is 313 g/mol. The number of hydrogen-bond donors (Lipinski definition) is 0. The van der Waals surface area contributed by atoms with E-state index in [4.69, 9.17) is 14.2 Å². The van der Waals surface area contributed by atoms with Crippen molar-refractivity contribution in [3.63, 3.8) is 0 Å². The lowest BCUT2D eigenvalue weighted by Gasteiger charge is -2.27. The van der Waals surface area contributed by atoms with Crippen LogP contribution in [-0.2, 0) is 0 Å². The van der Waals surface area contributed by atoms with Gasteiger partial charge in [-0.1, -0.05) is 0 Å². The van der Waals surface area contributed by atoms with Crippen molar-refractivity contribution in [2.45, 2.75) is 19.3 Å². The Morgan fingerprint density at radius 1 is 1.00 bits per heavy atom. The molecule has 1 fully saturated rings. The molecule has 0 bridgehead atoms. The molecule has 2 aliphatic rings. The number of rotatable bonds is 3. The Balaban J connectivity index is 1.73. The molecule has 1 saturated heterocycles. The van der Waals surface area contributed by atoms with Gasteiger partial charge in [0.1, 0.15) is 17.9 Å². The quantitative estimate of drug-likeness (QED) is 0.868. The number of piperidine rings is 1. The summed E-state index contributed by atoms with van der Waals surface area (Å²) in [4.78, 5) is 11.2. The molecule has 0 radical (unpaired) electrons. The molecule has 1 aromatic carbocycles. The van der Waals surface area contributed by atoms with Gasteiger partial charge < -0.3 is 19.1 Å². The van der Waals surface area contributed by atoms with Crippen LogP contribution < -0.4 is 19.1 Å². The first-order chi connectivity index (χ1) is 11.3. The predicted octanol–water partition coefficient (Wildman–Crippen LogP) is 2.87. The number of fused-ring (bicyclic) bond motifs is 1. The second kappa shape index (κ2) is 5.95. The van der Waals surface area contributed by atoms with Crippen molar-refractivity contribution >= 4 is 5.82 Å². The Hall–Kier alpha value is -2.50. The van der Waals surface area contributed by atoms with Crippen LogP contribution in [0, 0.1) is 0 Å². The Bertz CT molecular complexity index is 714. The standard InChI is InChI=1S/C17H19N3O3/c1-21-14-9-16-15(22-11-23-16)7-12(14)13-8-17(19-10-18-13)20-5-3-2-4-6-20/h7-10H,2-6,11H2,1H3. The smallest absolute Gasteiger partial charge is 0.231 e. The maximum absolute atomic E-state index is 5.50. The summed E-state index contributed by atoms with van der Waals surface area (Å²) in [5.41, 5.74) is 1.72. The fourth-order valence-corrected chi connectivity index (χ4v) is 3.08. The van der Waals surface area contributed by atoms with Crippen LogP contribution in [0.5, 0.6) is 17.2 Å². The number of nitrogens with zero attached hydrogens (tertiary/aromatic N) is 3. The van der Waals surface area contributed by atoms with Gasteiger partial charge in [0.2, 0.25) is 6.79 Å². The van der Waals surface area contributed by atoms with Crippen LogP contribution in [0.2, 0.25) is 0 Å². The molecule has 2 aromatic rings. The normalized spacial score (nSPS) is 16.5. The van der Waals surface area contributed by atoms with Crippen molar-refractivity contribution in [3.05, 3.63) is 24.5 Å². The van der Waals surface area contributed by atoms with Crippen LogP contribution in [0.3, 0.4) is 0 Å². The molecule has 23 heavy (non-hydrogen) atoms. The highest BCUT2D eigenvalue weighted by Crippen LogP contribution is 2.42. The zero-order valence-electron chi connectivity index (χ0n) is 13.1. The van der Waals surface area contributed by atoms with E-state index in [1.165, 1.54) is 19.3 Å². The lowest BCUT2D eigenvalue weighted by atomic mass is 10.1. The summed E-state index contributed by atoms with van der Waals surface area (Å²) in [6.07, 6.45) is 5.34. The van der Waals surface area contributed by atoms with E-state index in [2.05, 4.69) is 14.9 Å². The molecule has 3 heterocycles. The topological polar surface area (TPSA) is 56.7 Å². The van der Waals surface area contributed by atoms with Gasteiger partial charge in [-0.15, -0.1) is 0 Å². The zero-order valence-corrected chi connectivity index (χ0v) is 13.1. The molecule has 0 N–H and O–H groups in total. The molecular weight excluding hydrogens is 294 g/mol. The first-order valence-corrected chi connectivity index (χ1v) is 7.90. The first kappa shape index (κ1) is 14.1. The van der Waals surface area contributed by atoms with E-state index in [0.29, 0.717) is 5.75 Å². The molecule has 0 unspecified atom stereocenters. The monoisotopic (exact) mass is 313 g/mol. The molecule has 2 aliphatic heterocycles. The third kappa shape index (κ3) is 2.65. The summed E-state index contributed by atoms with van der Waals surface area (Å²) in [5, 5.41) is 0. The minimum Gasteiger partial charge on any atom is -0.496 e. The van der Waals surface area contributed by atoms with Crippen LogP contribution >= 0.6 is 0 Å². The van der Waals surface area contributed by atoms with Crippen molar-refractivity contribution in [2.75, 3.05) is 31.9 Å². The minimum atomic E-state index is 0.241. The molecule has 0 amide bonds. The SMILES string of the molecule is COc1cc2c(cc1-c1cc(N3CCCCC3)ncn1)OCO2. The number of methoxy groups -OCH3 is 1. The van der Waals surface area contributed by atoms with Crippen molar-refractivity contribution in [1.82, 2.24) is 9.97 Å². The third-order valence-corrected chi connectivity index (χ3v) is 4.30. The lowest BCUT2D eigenvalue weighted by molar-refractivity contribution is 0.174. The number of hydrogen-bond acceptors (Lipinski definition) is 6. The van der Waals surface area contributed by atoms with Gasteiger partial charge in [-0.05, 0) is 25.3 Å². The third-order valence-electron chi connectivity index (χ3n) is 4.30. The van der Waals surface area contributed by atoms with Gasteiger partial charge in [0, 0.05) is 30.8 Å². The molecule has 4 rings (SSSR count). The number of aromatic nitrogens is 2. The summed E-state index contributed by atoms with van der Waals surface area (Å²) < 4.78 is 16.4. The molecular formula is C17H19N3O3. The van der Waals surface area contributed by atoms with E-state index in [9.17, 15) is 0 Å². The maximum atomic E-state index is 5.50. The fourth-order valence-electron chi connectivity index (χ4n) is 3.08. The first-order valence-electron chi connectivity index (χ1n) is 7.90. The highest BCUT2D eigenvalue weighted by Gasteiger charge is 2.20. The Morgan fingerprint density at radius 2 is 1.78 bits per heavy atom. The number of ether oxygens (including phenoxy) is 3. The van der Waals surface area contributed by atoms with E-state index in [1.807, 2.05) is 18.2 Å². The summed E-state index contributed by atoms with van der Waals surface area (Å²) in [6, 6.07) is 5.79. The number of anilines is 1. The van der Waals surface area contributed by atoms with Gasteiger partial charge in [0.05, 0.1) is 12.8 Å². The van der Waals surface area contributed by atoms with E-state index < -0.39 is 0 Å². The molecule has 0 spiro atoms. The Morgan fingerprint density at radius 3 is 2.57 bits per heavy atom. The molecule has 1 aromatic heterocycles. The predicted molar refractivity (Wildman–Crippen MR) is 86.2 cm³/mol. The van der Waals surface area contributed by atoms with Gasteiger partial charge in [-0.2, -0.15) is 0 Å². The van der Waals surface area contributed by atoms with E-state index in [1.54, 1.807) is 13.4 Å². The van der Waals surface area contributed by atoms with E-state index >= 15 is 0 Å². The van der Waals surface area contributed by atoms with Crippen molar-refractivity contribution < 1.29 is 14.2 Å². The van der Waals surface area contributed by atoms with E-state index in [0.717, 1.165) is 41.7 Å². The van der Waals surface area contributed by atoms with Crippen molar-refractivity contribution in [1.29, 1.82) is 0 Å². The summed E-state index contributed by atoms with van der Waals surface area (Å²) in [5.74, 6) is 3.11. The molecule has 0 aliphatic carbocycles. The molecule has 6 heteroatoms. The summed E-state index contributed by atoms with van der Waals surface area (Å²) in [7, 11) is 1.65. The largest absolute Gasteiger partial charge is 0.496 e. The summed E-state index contributed by atoms with van der Waals surface area (Å²) >= 11 is 0. The van der Waals surface area contributed by atoms with Crippen LogP contribution in [0.4, 0.5) is 5.82 Å². The van der Waals surface area contributed by atoms with Crippen LogP contribution in [0.1, 0.15) is 19.3 Å². The van der Waals surface area contributed by atoms with Crippen molar-refractivity contribution in [3.8, 4) is 28.5 Å².